The number of allylic oxidation sites excluding steroid dienone is 2. The molecule has 1 aliphatic heterocycles. The maximum absolute atomic E-state index is 13.4. The first-order chi connectivity index (χ1) is 18.4. The highest BCUT2D eigenvalue weighted by molar-refractivity contribution is 6.00. The van der Waals surface area contributed by atoms with Gasteiger partial charge < -0.3 is 19.5 Å². The molecule has 0 saturated heterocycles. The number of hydrogen-bond donors (Lipinski definition) is 1. The molecular formula is C28H27F2N3O5+2. The monoisotopic (exact) mass is 523 g/mol. The highest BCUT2D eigenvalue weighted by Gasteiger charge is 2.42. The summed E-state index contributed by atoms with van der Waals surface area (Å²) in [7, 11) is 2.44. The molecule has 0 fully saturated rings. The second-order valence-electron chi connectivity index (χ2n) is 8.34. The number of pyridine rings is 2. The van der Waals surface area contributed by atoms with Crippen LogP contribution in [-0.4, -0.2) is 32.8 Å². The van der Waals surface area contributed by atoms with Crippen molar-refractivity contribution in [3.63, 3.8) is 0 Å². The predicted octanol–water partition coefficient (Wildman–Crippen LogP) is 2.80. The lowest BCUT2D eigenvalue weighted by Crippen LogP contribution is -2.45. The Morgan fingerprint density at radius 1 is 0.789 bits per heavy atom. The summed E-state index contributed by atoms with van der Waals surface area (Å²) in [4.78, 5) is 26.6. The molecule has 196 valence electrons. The van der Waals surface area contributed by atoms with Gasteiger partial charge in [-0.2, -0.15) is 17.9 Å². The van der Waals surface area contributed by atoms with E-state index in [2.05, 4.69) is 5.32 Å². The van der Waals surface area contributed by atoms with E-state index in [1.54, 1.807) is 12.1 Å². The van der Waals surface area contributed by atoms with Crippen LogP contribution in [0.1, 0.15) is 11.5 Å². The van der Waals surface area contributed by atoms with Crippen molar-refractivity contribution >= 4 is 11.9 Å². The van der Waals surface area contributed by atoms with E-state index in [-0.39, 0.29) is 35.5 Å². The maximum atomic E-state index is 13.4. The molecule has 2 aromatic heterocycles. The molecule has 1 aromatic carbocycles. The summed E-state index contributed by atoms with van der Waals surface area (Å²) in [6.45, 7) is -2.71. The van der Waals surface area contributed by atoms with Crippen molar-refractivity contribution in [2.75, 3.05) is 14.2 Å². The van der Waals surface area contributed by atoms with Crippen molar-refractivity contribution in [2.45, 2.75) is 25.6 Å². The summed E-state index contributed by atoms with van der Waals surface area (Å²) < 4.78 is 45.5. The number of nitrogens with one attached hydrogen (secondary N) is 1. The fraction of sp³-hybridized carbons (Fsp3) is 0.214. The summed E-state index contributed by atoms with van der Waals surface area (Å²) in [5.41, 5.74) is 1.22. The summed E-state index contributed by atoms with van der Waals surface area (Å²) in [5.74, 6) is -2.75. The Morgan fingerprint density at radius 2 is 1.26 bits per heavy atom. The second-order valence-corrected chi connectivity index (χ2v) is 8.34. The van der Waals surface area contributed by atoms with Gasteiger partial charge in [0.1, 0.15) is 5.75 Å². The number of para-hydroxylation sites is 1. The van der Waals surface area contributed by atoms with Crippen LogP contribution in [-0.2, 0) is 32.2 Å². The molecule has 10 heteroatoms. The molecule has 0 atom stereocenters. The molecule has 0 amide bonds. The van der Waals surface area contributed by atoms with Crippen LogP contribution >= 0.6 is 0 Å². The standard InChI is InChI=1S/C28H26F2N3O5/c1-36-26(34)24-20(17-32-13-7-3-8-14-32)31-21(18-33-15-9-4-10-16-33)25(27(35)37-2)23(24)19-11-5-6-12-22(19)38-28(29)30/h3-16,23,28H,17-18H2,1-2H3/q+1/p+1. The molecule has 0 saturated carbocycles. The van der Waals surface area contributed by atoms with E-state index >= 15 is 0 Å². The molecule has 38 heavy (non-hydrogen) atoms. The summed E-state index contributed by atoms with van der Waals surface area (Å²) in [5, 5.41) is 3.27. The van der Waals surface area contributed by atoms with Gasteiger partial charge in [0.05, 0.1) is 42.7 Å². The molecule has 0 radical (unpaired) electrons. The molecule has 0 bridgehead atoms. The van der Waals surface area contributed by atoms with Crippen LogP contribution in [0, 0.1) is 0 Å². The predicted molar refractivity (Wildman–Crippen MR) is 130 cm³/mol. The second kappa shape index (κ2) is 12.1. The smallest absolute Gasteiger partial charge is 0.387 e. The number of halogens is 2. The van der Waals surface area contributed by atoms with Gasteiger partial charge in [-0.1, -0.05) is 30.3 Å². The zero-order valence-corrected chi connectivity index (χ0v) is 20.8. The number of nitrogens with zero attached hydrogens (tertiary/aromatic N) is 2. The molecule has 0 aliphatic carbocycles. The van der Waals surface area contributed by atoms with Crippen LogP contribution in [0.3, 0.4) is 0 Å². The highest BCUT2D eigenvalue weighted by atomic mass is 19.3. The Morgan fingerprint density at radius 3 is 1.71 bits per heavy atom. The lowest BCUT2D eigenvalue weighted by atomic mass is 9.79. The number of rotatable bonds is 9. The van der Waals surface area contributed by atoms with Gasteiger partial charge in [-0.15, -0.1) is 0 Å². The van der Waals surface area contributed by atoms with Crippen molar-refractivity contribution in [1.29, 1.82) is 0 Å². The van der Waals surface area contributed by atoms with Crippen molar-refractivity contribution in [3.8, 4) is 5.75 Å². The minimum atomic E-state index is -3.12. The summed E-state index contributed by atoms with van der Waals surface area (Å²) >= 11 is 0. The van der Waals surface area contributed by atoms with Gasteiger partial charge in [0.2, 0.25) is 0 Å². The first-order valence-corrected chi connectivity index (χ1v) is 11.7. The normalized spacial score (nSPS) is 13.8. The van der Waals surface area contributed by atoms with Gasteiger partial charge in [0, 0.05) is 29.8 Å². The Hall–Kier alpha value is -4.60. The summed E-state index contributed by atoms with van der Waals surface area (Å²) in [6, 6.07) is 17.1. The number of hydrogen-bond acceptors (Lipinski definition) is 6. The number of methoxy groups -OCH3 is 2. The number of carbonyl (C=O) groups is 2. The maximum Gasteiger partial charge on any atom is 0.387 e. The van der Waals surface area contributed by atoms with Crippen LogP contribution in [0.4, 0.5) is 8.78 Å². The number of dihydropyridines is 1. The lowest BCUT2D eigenvalue weighted by Gasteiger charge is -2.31. The van der Waals surface area contributed by atoms with Crippen molar-refractivity contribution in [2.24, 2.45) is 0 Å². The Kier molecular flexibility index (Phi) is 8.42. The average molecular weight is 524 g/mol. The van der Waals surface area contributed by atoms with E-state index in [0.29, 0.717) is 11.4 Å². The largest absolute Gasteiger partial charge is 0.466 e. The average Bonchev–Trinajstić information content (AvgIpc) is 2.93. The lowest BCUT2D eigenvalue weighted by molar-refractivity contribution is -0.692. The zero-order valence-electron chi connectivity index (χ0n) is 20.8. The Balaban J connectivity index is 1.99. The van der Waals surface area contributed by atoms with Crippen molar-refractivity contribution in [3.05, 3.63) is 114 Å². The SMILES string of the molecule is COC(=O)C1=C(C[n+]2ccccc2)NC(C[n+]2ccccc2)=C(C(=O)OC)C1c1ccccc1OC(F)F. The first kappa shape index (κ1) is 26.5. The van der Waals surface area contributed by atoms with E-state index in [9.17, 15) is 18.4 Å². The van der Waals surface area contributed by atoms with Crippen LogP contribution in [0.5, 0.6) is 5.75 Å². The molecule has 3 heterocycles. The van der Waals surface area contributed by atoms with Crippen LogP contribution in [0.25, 0.3) is 0 Å². The molecule has 4 rings (SSSR count). The van der Waals surface area contributed by atoms with Crippen molar-refractivity contribution < 1.29 is 41.7 Å². The molecule has 1 N–H and O–H groups in total. The molecule has 0 unspecified atom stereocenters. The van der Waals surface area contributed by atoms with Gasteiger partial charge in [-0.05, 0) is 6.07 Å². The zero-order chi connectivity index (χ0) is 27.1. The van der Waals surface area contributed by atoms with E-state index in [4.69, 9.17) is 14.2 Å². The van der Waals surface area contributed by atoms with E-state index in [1.165, 1.54) is 26.4 Å². The molecule has 3 aromatic rings. The summed E-state index contributed by atoms with van der Waals surface area (Å²) in [6.07, 6.45) is 7.27. The van der Waals surface area contributed by atoms with Gasteiger partial charge in [-0.25, -0.2) is 9.59 Å². The number of alkyl halides is 2. The molecular weight excluding hydrogens is 496 g/mol. The third-order valence-corrected chi connectivity index (χ3v) is 6.02. The van der Waals surface area contributed by atoms with Crippen molar-refractivity contribution in [1.82, 2.24) is 5.32 Å². The molecule has 8 nitrogen and oxygen atoms in total. The topological polar surface area (TPSA) is 81.6 Å². The van der Waals surface area contributed by atoms with Gasteiger partial charge in [0.25, 0.3) is 0 Å². The minimum Gasteiger partial charge on any atom is -0.466 e. The number of carbonyl (C=O) groups excluding carboxylic acids is 2. The Bertz CT molecular complexity index is 1280. The molecule has 0 spiro atoms. The van der Waals surface area contributed by atoms with Gasteiger partial charge in [-0.3, -0.25) is 0 Å². The van der Waals surface area contributed by atoms with E-state index < -0.39 is 24.5 Å². The van der Waals surface area contributed by atoms with Crippen LogP contribution in [0.15, 0.2) is 108 Å². The Labute approximate surface area is 218 Å². The van der Waals surface area contributed by atoms with Gasteiger partial charge >= 0.3 is 18.6 Å². The number of aromatic nitrogens is 2. The molecule has 1 aliphatic rings. The minimum absolute atomic E-state index is 0.0800. The van der Waals surface area contributed by atoms with E-state index in [1.807, 2.05) is 70.3 Å². The fourth-order valence-corrected chi connectivity index (χ4v) is 4.44. The quantitative estimate of drug-likeness (QED) is 0.343. The number of benzene rings is 1. The highest BCUT2D eigenvalue weighted by Crippen LogP contribution is 2.43. The van der Waals surface area contributed by atoms with Crippen LogP contribution in [0.2, 0.25) is 0 Å². The number of ether oxygens (including phenoxy) is 3. The third kappa shape index (κ3) is 5.86. The number of esters is 2. The van der Waals surface area contributed by atoms with Gasteiger partial charge in [0.15, 0.2) is 37.9 Å². The van der Waals surface area contributed by atoms with E-state index in [0.717, 1.165) is 0 Å². The van der Waals surface area contributed by atoms with Crippen LogP contribution < -0.4 is 19.2 Å². The third-order valence-electron chi connectivity index (χ3n) is 6.02. The fourth-order valence-electron chi connectivity index (χ4n) is 4.44. The first-order valence-electron chi connectivity index (χ1n) is 11.7.